The van der Waals surface area contributed by atoms with E-state index in [1.807, 2.05) is 25.1 Å². The SMILES string of the molecule is Cc1ccccc1C(=O)Nc1nc(C(=O)N2CCN(C(=O)C3CCCO3)CC2)cs1. The molecule has 0 bridgehead atoms. The molecule has 2 aromatic rings. The molecule has 2 saturated heterocycles. The summed E-state index contributed by atoms with van der Waals surface area (Å²) < 4.78 is 5.47. The second kappa shape index (κ2) is 8.93. The maximum atomic E-state index is 12.8. The Morgan fingerprint density at radius 3 is 2.57 bits per heavy atom. The number of nitrogens with one attached hydrogen (secondary N) is 1. The minimum Gasteiger partial charge on any atom is -0.368 e. The number of aryl methyl sites for hydroxylation is 1. The Hall–Kier alpha value is -2.78. The van der Waals surface area contributed by atoms with E-state index < -0.39 is 0 Å². The van der Waals surface area contributed by atoms with Crippen LogP contribution in [0.3, 0.4) is 0 Å². The van der Waals surface area contributed by atoms with E-state index in [0.717, 1.165) is 18.4 Å². The molecule has 0 saturated carbocycles. The van der Waals surface area contributed by atoms with Crippen molar-refractivity contribution < 1.29 is 19.1 Å². The van der Waals surface area contributed by atoms with Gasteiger partial charge < -0.3 is 14.5 Å². The lowest BCUT2D eigenvalue weighted by atomic mass is 10.1. The first kappa shape index (κ1) is 20.5. The molecule has 1 N–H and O–H groups in total. The van der Waals surface area contributed by atoms with Gasteiger partial charge in [-0.3, -0.25) is 19.7 Å². The number of amides is 3. The molecule has 1 atom stereocenters. The molecule has 2 aliphatic rings. The number of aromatic nitrogens is 1. The molecule has 4 rings (SSSR count). The number of hydrogen-bond donors (Lipinski definition) is 1. The summed E-state index contributed by atoms with van der Waals surface area (Å²) in [7, 11) is 0. The number of anilines is 1. The van der Waals surface area contributed by atoms with Crippen molar-refractivity contribution in [3.63, 3.8) is 0 Å². The van der Waals surface area contributed by atoms with Crippen LogP contribution in [-0.2, 0) is 9.53 Å². The molecule has 1 aromatic carbocycles. The number of piperazine rings is 1. The average Bonchev–Trinajstić information content (AvgIpc) is 3.45. The first-order chi connectivity index (χ1) is 14.5. The Kier molecular flexibility index (Phi) is 6.10. The van der Waals surface area contributed by atoms with Crippen molar-refractivity contribution >= 4 is 34.2 Å². The van der Waals surface area contributed by atoms with Crippen molar-refractivity contribution in [3.8, 4) is 0 Å². The Balaban J connectivity index is 1.33. The van der Waals surface area contributed by atoms with Crippen LogP contribution in [0.4, 0.5) is 5.13 Å². The number of carbonyl (C=O) groups is 3. The predicted octanol–water partition coefficient (Wildman–Crippen LogP) is 2.17. The van der Waals surface area contributed by atoms with Crippen molar-refractivity contribution in [2.45, 2.75) is 25.9 Å². The zero-order valence-corrected chi connectivity index (χ0v) is 17.6. The van der Waals surface area contributed by atoms with Crippen LogP contribution in [0.5, 0.6) is 0 Å². The fourth-order valence-electron chi connectivity index (χ4n) is 3.69. The number of thiazole rings is 1. The summed E-state index contributed by atoms with van der Waals surface area (Å²) in [5, 5.41) is 4.80. The molecule has 2 fully saturated rings. The lowest BCUT2D eigenvalue weighted by molar-refractivity contribution is -0.142. The maximum absolute atomic E-state index is 12.8. The van der Waals surface area contributed by atoms with Crippen LogP contribution in [0.15, 0.2) is 29.6 Å². The van der Waals surface area contributed by atoms with E-state index in [0.29, 0.717) is 49.2 Å². The van der Waals surface area contributed by atoms with Crippen molar-refractivity contribution in [3.05, 3.63) is 46.5 Å². The van der Waals surface area contributed by atoms with Gasteiger partial charge in [-0.05, 0) is 31.4 Å². The number of benzene rings is 1. The minimum absolute atomic E-state index is 0.0226. The topological polar surface area (TPSA) is 91.8 Å². The highest BCUT2D eigenvalue weighted by molar-refractivity contribution is 7.14. The van der Waals surface area contributed by atoms with Crippen LogP contribution in [0.2, 0.25) is 0 Å². The van der Waals surface area contributed by atoms with Crippen LogP contribution in [0.25, 0.3) is 0 Å². The number of hydrogen-bond acceptors (Lipinski definition) is 6. The summed E-state index contributed by atoms with van der Waals surface area (Å²) in [5.41, 5.74) is 1.75. The lowest BCUT2D eigenvalue weighted by Crippen LogP contribution is -2.52. The Labute approximate surface area is 178 Å². The summed E-state index contributed by atoms with van der Waals surface area (Å²) in [6.07, 6.45) is 1.36. The molecule has 2 aliphatic heterocycles. The molecular formula is C21H24N4O4S. The zero-order valence-electron chi connectivity index (χ0n) is 16.8. The molecule has 3 amide bonds. The van der Waals surface area contributed by atoms with Gasteiger partial charge in [-0.1, -0.05) is 18.2 Å². The molecule has 1 aromatic heterocycles. The molecule has 158 valence electrons. The third-order valence-corrected chi connectivity index (χ3v) is 6.17. The van der Waals surface area contributed by atoms with E-state index in [4.69, 9.17) is 4.74 Å². The number of ether oxygens (including phenoxy) is 1. The van der Waals surface area contributed by atoms with E-state index in [9.17, 15) is 14.4 Å². The second-order valence-electron chi connectivity index (χ2n) is 7.43. The van der Waals surface area contributed by atoms with E-state index >= 15 is 0 Å². The summed E-state index contributed by atoms with van der Waals surface area (Å²) >= 11 is 1.22. The van der Waals surface area contributed by atoms with Gasteiger partial charge in [0, 0.05) is 43.7 Å². The van der Waals surface area contributed by atoms with Gasteiger partial charge in [0.1, 0.15) is 11.8 Å². The monoisotopic (exact) mass is 428 g/mol. The fourth-order valence-corrected chi connectivity index (χ4v) is 4.37. The Bertz CT molecular complexity index is 946. The normalized spacial score (nSPS) is 19.0. The fraction of sp³-hybridized carbons (Fsp3) is 0.429. The molecule has 9 heteroatoms. The highest BCUT2D eigenvalue weighted by atomic mass is 32.1. The van der Waals surface area contributed by atoms with Crippen LogP contribution in [0.1, 0.15) is 39.3 Å². The van der Waals surface area contributed by atoms with E-state index in [1.165, 1.54) is 11.3 Å². The van der Waals surface area contributed by atoms with Crippen molar-refractivity contribution in [1.29, 1.82) is 0 Å². The lowest BCUT2D eigenvalue weighted by Gasteiger charge is -2.35. The van der Waals surface area contributed by atoms with Crippen molar-refractivity contribution in [2.24, 2.45) is 0 Å². The number of nitrogens with zero attached hydrogens (tertiary/aromatic N) is 3. The smallest absolute Gasteiger partial charge is 0.273 e. The zero-order chi connectivity index (χ0) is 21.1. The Morgan fingerprint density at radius 1 is 1.13 bits per heavy atom. The highest BCUT2D eigenvalue weighted by Gasteiger charge is 2.32. The minimum atomic E-state index is -0.329. The average molecular weight is 429 g/mol. The third kappa shape index (κ3) is 4.36. The molecule has 8 nitrogen and oxygen atoms in total. The van der Waals surface area contributed by atoms with Gasteiger partial charge in [-0.15, -0.1) is 11.3 Å². The van der Waals surface area contributed by atoms with Crippen LogP contribution in [0, 0.1) is 6.92 Å². The molecule has 3 heterocycles. The highest BCUT2D eigenvalue weighted by Crippen LogP contribution is 2.20. The van der Waals surface area contributed by atoms with Gasteiger partial charge in [0.25, 0.3) is 17.7 Å². The van der Waals surface area contributed by atoms with Crippen LogP contribution in [-0.4, -0.2) is 71.4 Å². The Morgan fingerprint density at radius 2 is 1.87 bits per heavy atom. The first-order valence-electron chi connectivity index (χ1n) is 10.0. The molecule has 0 radical (unpaired) electrons. The summed E-state index contributed by atoms with van der Waals surface area (Å²) in [5.74, 6) is -0.413. The quantitative estimate of drug-likeness (QED) is 0.806. The van der Waals surface area contributed by atoms with Gasteiger partial charge in [0.2, 0.25) is 0 Å². The molecule has 0 aliphatic carbocycles. The molecule has 1 unspecified atom stereocenters. The van der Waals surface area contributed by atoms with Gasteiger partial charge in [0.05, 0.1) is 0 Å². The molecule has 0 spiro atoms. The maximum Gasteiger partial charge on any atom is 0.273 e. The standard InChI is InChI=1S/C21H24N4O4S/c1-14-5-2-3-6-15(14)18(26)23-21-22-16(13-30-21)19(27)24-8-10-25(11-9-24)20(28)17-7-4-12-29-17/h2-3,5-6,13,17H,4,7-12H2,1H3,(H,22,23,26). The van der Waals surface area contributed by atoms with Crippen LogP contribution < -0.4 is 5.32 Å². The number of rotatable bonds is 4. The van der Waals surface area contributed by atoms with E-state index in [1.54, 1.807) is 21.2 Å². The summed E-state index contributed by atoms with van der Waals surface area (Å²) in [6.45, 7) is 4.41. The van der Waals surface area contributed by atoms with Gasteiger partial charge >= 0.3 is 0 Å². The van der Waals surface area contributed by atoms with E-state index in [-0.39, 0.29) is 23.8 Å². The summed E-state index contributed by atoms with van der Waals surface area (Å²) in [6, 6.07) is 7.30. The van der Waals surface area contributed by atoms with Gasteiger partial charge in [-0.2, -0.15) is 0 Å². The van der Waals surface area contributed by atoms with Gasteiger partial charge in [-0.25, -0.2) is 4.98 Å². The van der Waals surface area contributed by atoms with Crippen molar-refractivity contribution in [2.75, 3.05) is 38.1 Å². The van der Waals surface area contributed by atoms with Crippen molar-refractivity contribution in [1.82, 2.24) is 14.8 Å². The molecule has 30 heavy (non-hydrogen) atoms. The largest absolute Gasteiger partial charge is 0.368 e. The number of carbonyl (C=O) groups excluding carboxylic acids is 3. The summed E-state index contributed by atoms with van der Waals surface area (Å²) in [4.78, 5) is 45.4. The third-order valence-electron chi connectivity index (χ3n) is 5.42. The second-order valence-corrected chi connectivity index (χ2v) is 8.28. The van der Waals surface area contributed by atoms with E-state index in [2.05, 4.69) is 10.3 Å². The molecular weight excluding hydrogens is 404 g/mol. The van der Waals surface area contributed by atoms with Crippen LogP contribution >= 0.6 is 11.3 Å². The first-order valence-corrected chi connectivity index (χ1v) is 10.9. The predicted molar refractivity (Wildman–Crippen MR) is 113 cm³/mol. The van der Waals surface area contributed by atoms with Gasteiger partial charge in [0.15, 0.2) is 5.13 Å².